The van der Waals surface area contributed by atoms with E-state index in [2.05, 4.69) is 0 Å². The summed E-state index contributed by atoms with van der Waals surface area (Å²) in [6, 6.07) is 0. The lowest BCUT2D eigenvalue weighted by Crippen LogP contribution is -2.27. The van der Waals surface area contributed by atoms with Gasteiger partial charge in [0, 0.05) is 6.26 Å². The third-order valence-corrected chi connectivity index (χ3v) is 2.69. The lowest BCUT2D eigenvalue weighted by atomic mass is 10.5. The second kappa shape index (κ2) is 3.69. The first-order chi connectivity index (χ1) is 5.10. The molecule has 8 heteroatoms. The van der Waals surface area contributed by atoms with Crippen LogP contribution in [0, 0.1) is 0 Å². The Morgan fingerprint density at radius 3 is 1.83 bits per heavy atom. The number of aliphatic hydroxyl groups is 1. The van der Waals surface area contributed by atoms with E-state index in [4.69, 9.17) is 9.66 Å². The smallest absolute Gasteiger partial charge is 0.267 e. The number of aliphatic hydroxyl groups excluding tert-OH is 1. The summed E-state index contributed by atoms with van der Waals surface area (Å²) in [5.41, 5.74) is 0. The van der Waals surface area contributed by atoms with Crippen molar-refractivity contribution in [3.05, 3.63) is 0 Å². The predicted octanol–water partition coefficient (Wildman–Crippen LogP) is -1.72. The van der Waals surface area contributed by atoms with Crippen molar-refractivity contribution in [2.24, 2.45) is 0 Å². The molecule has 0 saturated heterocycles. The Kier molecular flexibility index (Phi) is 3.63. The summed E-state index contributed by atoms with van der Waals surface area (Å²) in [7, 11) is -7.73. The molecular weight excluding hydrogens is 208 g/mol. The molecule has 2 N–H and O–H groups in total. The third-order valence-electron chi connectivity index (χ3n) is 0.898. The van der Waals surface area contributed by atoms with Gasteiger partial charge in [0.1, 0.15) is 15.6 Å². The predicted molar refractivity (Wildman–Crippen MR) is 42.1 cm³/mol. The number of hydrogen-bond acceptors (Lipinski definition) is 5. The molecule has 1 unspecified atom stereocenters. The minimum Gasteiger partial charge on any atom is -0.391 e. The van der Waals surface area contributed by atoms with Crippen molar-refractivity contribution in [2.75, 3.05) is 17.8 Å². The maximum Gasteiger partial charge on any atom is 0.267 e. The minimum atomic E-state index is -4.31. The highest BCUT2D eigenvalue weighted by molar-refractivity contribution is 7.90. The van der Waals surface area contributed by atoms with Crippen LogP contribution in [0.4, 0.5) is 0 Å². The van der Waals surface area contributed by atoms with Gasteiger partial charge in [0.2, 0.25) is 0 Å². The van der Waals surface area contributed by atoms with Gasteiger partial charge in [0.25, 0.3) is 10.1 Å². The van der Waals surface area contributed by atoms with Crippen LogP contribution in [0.25, 0.3) is 0 Å². The first-order valence-corrected chi connectivity index (χ1v) is 6.58. The van der Waals surface area contributed by atoms with E-state index >= 15 is 0 Å². The van der Waals surface area contributed by atoms with Gasteiger partial charge < -0.3 is 5.11 Å². The molecule has 0 aromatic rings. The van der Waals surface area contributed by atoms with E-state index in [1.165, 1.54) is 0 Å². The van der Waals surface area contributed by atoms with Crippen LogP contribution < -0.4 is 0 Å². The van der Waals surface area contributed by atoms with Gasteiger partial charge in [-0.2, -0.15) is 8.42 Å². The fourth-order valence-electron chi connectivity index (χ4n) is 0.641. The van der Waals surface area contributed by atoms with Crippen molar-refractivity contribution in [3.63, 3.8) is 0 Å². The topological polar surface area (TPSA) is 109 Å². The maximum absolute atomic E-state index is 10.5. The van der Waals surface area contributed by atoms with Crippen molar-refractivity contribution < 1.29 is 26.5 Å². The van der Waals surface area contributed by atoms with E-state index in [-0.39, 0.29) is 0 Å². The van der Waals surface area contributed by atoms with Crippen molar-refractivity contribution in [1.82, 2.24) is 0 Å². The molecule has 0 spiro atoms. The van der Waals surface area contributed by atoms with E-state index in [1.807, 2.05) is 0 Å². The van der Waals surface area contributed by atoms with Crippen molar-refractivity contribution in [2.45, 2.75) is 6.10 Å². The Morgan fingerprint density at radius 1 is 1.17 bits per heavy atom. The van der Waals surface area contributed by atoms with Gasteiger partial charge in [-0.05, 0) is 0 Å². The van der Waals surface area contributed by atoms with E-state index in [1.54, 1.807) is 0 Å². The molecule has 0 radical (unpaired) electrons. The first-order valence-electron chi connectivity index (χ1n) is 2.91. The molecule has 0 aromatic carbocycles. The van der Waals surface area contributed by atoms with Gasteiger partial charge in [-0.25, -0.2) is 8.42 Å². The average molecular weight is 218 g/mol. The first kappa shape index (κ1) is 11.8. The second-order valence-electron chi connectivity index (χ2n) is 2.49. The van der Waals surface area contributed by atoms with Crippen molar-refractivity contribution in [3.8, 4) is 0 Å². The molecule has 0 saturated carbocycles. The largest absolute Gasteiger partial charge is 0.391 e. The average Bonchev–Trinajstić information content (AvgIpc) is 1.49. The summed E-state index contributed by atoms with van der Waals surface area (Å²) in [6.07, 6.45) is -0.713. The fourth-order valence-corrected chi connectivity index (χ4v) is 2.21. The molecular formula is C4H10O6S2. The van der Waals surface area contributed by atoms with Gasteiger partial charge in [-0.1, -0.05) is 0 Å². The Bertz CT molecular complexity index is 291. The zero-order valence-corrected chi connectivity index (χ0v) is 7.97. The molecule has 0 heterocycles. The molecule has 0 aliphatic heterocycles. The molecule has 0 fully saturated rings. The Balaban J connectivity index is 4.19. The van der Waals surface area contributed by atoms with E-state index in [0.717, 1.165) is 6.26 Å². The quantitative estimate of drug-likeness (QED) is 0.543. The molecule has 0 aliphatic carbocycles. The van der Waals surface area contributed by atoms with E-state index < -0.39 is 37.6 Å². The van der Waals surface area contributed by atoms with Crippen LogP contribution in [0.2, 0.25) is 0 Å². The Morgan fingerprint density at radius 2 is 1.58 bits per heavy atom. The van der Waals surface area contributed by atoms with Gasteiger partial charge in [-0.3, -0.25) is 4.55 Å². The molecule has 0 bridgehead atoms. The Hall–Kier alpha value is -0.180. The van der Waals surface area contributed by atoms with Gasteiger partial charge in [0.15, 0.2) is 0 Å². The van der Waals surface area contributed by atoms with Gasteiger partial charge in [0.05, 0.1) is 11.9 Å². The standard InChI is InChI=1S/C4H10O6S2/c1-11(6,7)2-4(5)3-12(8,9)10/h4-5H,2-3H2,1H3,(H,8,9,10). The molecule has 6 nitrogen and oxygen atoms in total. The second-order valence-corrected chi connectivity index (χ2v) is 6.18. The Labute approximate surface area is 70.9 Å². The number of rotatable bonds is 4. The van der Waals surface area contributed by atoms with Crippen LogP contribution in [0.15, 0.2) is 0 Å². The van der Waals surface area contributed by atoms with Crippen LogP contribution in [0.5, 0.6) is 0 Å². The minimum absolute atomic E-state index is 0.674. The molecule has 12 heavy (non-hydrogen) atoms. The third kappa shape index (κ3) is 7.92. The van der Waals surface area contributed by atoms with Crippen LogP contribution >= 0.6 is 0 Å². The van der Waals surface area contributed by atoms with Crippen molar-refractivity contribution >= 4 is 20.0 Å². The van der Waals surface area contributed by atoms with Crippen molar-refractivity contribution in [1.29, 1.82) is 0 Å². The molecule has 0 amide bonds. The van der Waals surface area contributed by atoms with E-state index in [9.17, 15) is 16.8 Å². The zero-order valence-electron chi connectivity index (χ0n) is 6.34. The monoisotopic (exact) mass is 218 g/mol. The van der Waals surface area contributed by atoms with Crippen LogP contribution in [-0.4, -0.2) is 50.4 Å². The van der Waals surface area contributed by atoms with Gasteiger partial charge in [-0.15, -0.1) is 0 Å². The highest BCUT2D eigenvalue weighted by Crippen LogP contribution is 1.94. The molecule has 0 rings (SSSR count). The molecule has 74 valence electrons. The summed E-state index contributed by atoms with van der Waals surface area (Å²) in [6.45, 7) is 0. The van der Waals surface area contributed by atoms with E-state index in [0.29, 0.717) is 0 Å². The highest BCUT2D eigenvalue weighted by atomic mass is 32.2. The lowest BCUT2D eigenvalue weighted by Gasteiger charge is -2.05. The summed E-state index contributed by atoms with van der Waals surface area (Å²) in [5, 5.41) is 8.80. The molecule has 1 atom stereocenters. The van der Waals surface area contributed by atoms with Crippen LogP contribution in [-0.2, 0) is 20.0 Å². The summed E-state index contributed by atoms with van der Waals surface area (Å²) in [5.74, 6) is -1.63. The number of sulfone groups is 1. The maximum atomic E-state index is 10.5. The molecule has 0 aromatic heterocycles. The summed E-state index contributed by atoms with van der Waals surface area (Å²) in [4.78, 5) is 0. The van der Waals surface area contributed by atoms with Gasteiger partial charge >= 0.3 is 0 Å². The zero-order chi connectivity index (χ0) is 9.99. The lowest BCUT2D eigenvalue weighted by molar-refractivity contribution is 0.217. The normalized spacial score (nSPS) is 15.9. The summed E-state index contributed by atoms with van der Waals surface area (Å²) < 4.78 is 49.4. The molecule has 0 aliphatic rings. The highest BCUT2D eigenvalue weighted by Gasteiger charge is 2.18. The van der Waals surface area contributed by atoms with Crippen LogP contribution in [0.3, 0.4) is 0 Å². The van der Waals surface area contributed by atoms with Crippen LogP contribution in [0.1, 0.15) is 0 Å². The SMILES string of the molecule is CS(=O)(=O)CC(O)CS(=O)(=O)O. The summed E-state index contributed by atoms with van der Waals surface area (Å²) >= 11 is 0. The number of hydrogen-bond donors (Lipinski definition) is 2. The fraction of sp³-hybridized carbons (Fsp3) is 1.00.